The molecule has 2 aromatic rings. The Bertz CT molecular complexity index is 1740. The number of anilines is 1. The van der Waals surface area contributed by atoms with Gasteiger partial charge < -0.3 is 41.6 Å². The standard InChI is InChI=1S/C26H23N7O10S2/c27-6-11-4-10(5-14(34)18(11)35)19(36)29-7-12-8-44-22-16(21(38)33(22)17(12)23(39)40)31-20(37)15(13-9-45-25(28)30-13)32-43-26(24(41)42)2-1-3-26/h4-5,9,16,22,34-35H,1-3,7-8H2,(H2,28,30)(H,29,36)(H,31,37)(H,39,40)(H,41,42)/b32-15-/t16?,22-/m0/s1. The number of carbonyl (C=O) groups excluding carboxylic acids is 3. The summed E-state index contributed by atoms with van der Waals surface area (Å²) in [5.74, 6) is -6.51. The summed E-state index contributed by atoms with van der Waals surface area (Å²) in [4.78, 5) is 73.3. The summed E-state index contributed by atoms with van der Waals surface area (Å²) in [5.41, 5.74) is 2.94. The number of carbonyl (C=O) groups is 5. The maximum absolute atomic E-state index is 13.3. The maximum Gasteiger partial charge on any atom is 0.352 e. The highest BCUT2D eigenvalue weighted by Crippen LogP contribution is 2.40. The van der Waals surface area contributed by atoms with Gasteiger partial charge >= 0.3 is 11.9 Å². The number of nitrogens with zero attached hydrogens (tertiary/aromatic N) is 4. The number of nitrogens with one attached hydrogen (secondary N) is 2. The number of rotatable bonds is 10. The Morgan fingerprint density at radius 1 is 1.24 bits per heavy atom. The molecular formula is C26H23N7O10S2. The van der Waals surface area contributed by atoms with Crippen LogP contribution in [0.2, 0.25) is 0 Å². The number of thioether (sulfide) groups is 1. The number of hydrogen-bond acceptors (Lipinski definition) is 14. The number of β-lactam (4-membered cyclic amide) rings is 1. The minimum absolute atomic E-state index is 0.0113. The summed E-state index contributed by atoms with van der Waals surface area (Å²) in [6.07, 6.45) is 0.951. The van der Waals surface area contributed by atoms with Gasteiger partial charge in [-0.25, -0.2) is 14.6 Å². The monoisotopic (exact) mass is 657 g/mol. The Kier molecular flexibility index (Phi) is 8.27. The topological polar surface area (TPSA) is 278 Å². The Balaban J connectivity index is 1.31. The molecule has 1 unspecified atom stereocenters. The van der Waals surface area contributed by atoms with Gasteiger partial charge in [-0.3, -0.25) is 19.3 Å². The largest absolute Gasteiger partial charge is 0.504 e. The molecule has 0 spiro atoms. The van der Waals surface area contributed by atoms with Crippen LogP contribution in [0.25, 0.3) is 0 Å². The van der Waals surface area contributed by atoms with Gasteiger partial charge in [0.15, 0.2) is 22.3 Å². The predicted octanol–water partition coefficient (Wildman–Crippen LogP) is -0.0952. The summed E-state index contributed by atoms with van der Waals surface area (Å²) in [7, 11) is 0. The lowest BCUT2D eigenvalue weighted by Gasteiger charge is -2.49. The number of benzene rings is 1. The predicted molar refractivity (Wildman–Crippen MR) is 155 cm³/mol. The lowest BCUT2D eigenvalue weighted by atomic mass is 9.80. The average molecular weight is 658 g/mol. The Labute approximate surface area is 261 Å². The van der Waals surface area contributed by atoms with E-state index >= 15 is 0 Å². The number of carboxylic acid groups (broad SMARTS) is 2. The van der Waals surface area contributed by atoms with Gasteiger partial charge in [-0.2, -0.15) is 5.26 Å². The fraction of sp³-hybridized carbons (Fsp3) is 0.308. The molecule has 3 heterocycles. The van der Waals surface area contributed by atoms with Crippen molar-refractivity contribution in [1.29, 1.82) is 5.26 Å². The summed E-state index contributed by atoms with van der Waals surface area (Å²) in [5, 5.41) is 57.5. The second-order valence-electron chi connectivity index (χ2n) is 10.1. The second-order valence-corrected chi connectivity index (χ2v) is 12.1. The van der Waals surface area contributed by atoms with Gasteiger partial charge in [-0.1, -0.05) is 5.16 Å². The Morgan fingerprint density at radius 2 is 1.98 bits per heavy atom. The third-order valence-corrected chi connectivity index (χ3v) is 9.33. The van der Waals surface area contributed by atoms with Crippen LogP contribution in [0.1, 0.15) is 40.9 Å². The molecule has 1 saturated carbocycles. The van der Waals surface area contributed by atoms with Gasteiger partial charge in [0.05, 0.1) is 5.56 Å². The van der Waals surface area contributed by atoms with Crippen LogP contribution in [0.5, 0.6) is 11.5 Å². The smallest absolute Gasteiger partial charge is 0.352 e. The molecule has 1 saturated heterocycles. The van der Waals surface area contributed by atoms with E-state index in [2.05, 4.69) is 20.8 Å². The van der Waals surface area contributed by atoms with Crippen molar-refractivity contribution in [2.75, 3.05) is 18.0 Å². The quantitative estimate of drug-likeness (QED) is 0.0761. The SMILES string of the molecule is N#Cc1cc(C(=O)NCC2=C(C(=O)O)N3C(=O)C(NC(=O)/C(=N\OC4(C(=O)O)CCC4)c4csc(N)n4)[C@@H]3SC2)cc(O)c1O. The van der Waals surface area contributed by atoms with Gasteiger partial charge in [-0.05, 0) is 24.1 Å². The molecule has 19 heteroatoms. The van der Waals surface area contributed by atoms with Gasteiger partial charge in [0.25, 0.3) is 17.7 Å². The molecular weight excluding hydrogens is 634 g/mol. The molecule has 2 atom stereocenters. The van der Waals surface area contributed by atoms with E-state index in [1.54, 1.807) is 6.07 Å². The van der Waals surface area contributed by atoms with E-state index in [-0.39, 0.29) is 52.7 Å². The van der Waals surface area contributed by atoms with Crippen LogP contribution in [-0.4, -0.2) is 95.0 Å². The first kappa shape index (κ1) is 31.1. The van der Waals surface area contributed by atoms with Gasteiger partial charge in [-0.15, -0.1) is 23.1 Å². The number of phenols is 2. The lowest BCUT2D eigenvalue weighted by molar-refractivity contribution is -0.178. The number of nitriles is 1. The summed E-state index contributed by atoms with van der Waals surface area (Å²) >= 11 is 2.11. The molecule has 8 N–H and O–H groups in total. The van der Waals surface area contributed by atoms with Gasteiger partial charge in [0, 0.05) is 36.1 Å². The first-order chi connectivity index (χ1) is 21.4. The molecule has 234 valence electrons. The van der Waals surface area contributed by atoms with Crippen LogP contribution in [0.4, 0.5) is 5.13 Å². The van der Waals surface area contributed by atoms with Crippen LogP contribution in [0, 0.1) is 11.3 Å². The first-order valence-corrected chi connectivity index (χ1v) is 15.0. The van der Waals surface area contributed by atoms with Gasteiger partial charge in [0.1, 0.15) is 28.9 Å². The summed E-state index contributed by atoms with van der Waals surface area (Å²) in [6.45, 7) is -0.310. The van der Waals surface area contributed by atoms with E-state index in [1.165, 1.54) is 5.38 Å². The number of phenolic OH excluding ortho intramolecular Hbond substituents is 2. The fourth-order valence-electron chi connectivity index (χ4n) is 4.73. The van der Waals surface area contributed by atoms with E-state index in [4.69, 9.17) is 15.8 Å². The Hall–Kier alpha value is -5.35. The van der Waals surface area contributed by atoms with Gasteiger partial charge in [0.2, 0.25) is 5.60 Å². The highest BCUT2D eigenvalue weighted by molar-refractivity contribution is 8.00. The van der Waals surface area contributed by atoms with Crippen molar-refractivity contribution in [2.45, 2.75) is 36.3 Å². The molecule has 2 fully saturated rings. The van der Waals surface area contributed by atoms with Crippen molar-refractivity contribution >= 4 is 63.6 Å². The van der Waals surface area contributed by atoms with Crippen molar-refractivity contribution in [3.63, 3.8) is 0 Å². The normalized spacial score (nSPS) is 20.2. The molecule has 17 nitrogen and oxygen atoms in total. The van der Waals surface area contributed by atoms with Crippen molar-refractivity contribution in [3.8, 4) is 17.6 Å². The molecule has 3 aliphatic rings. The van der Waals surface area contributed by atoms with Crippen molar-refractivity contribution < 1.29 is 49.2 Å². The van der Waals surface area contributed by atoms with Crippen molar-refractivity contribution in [1.82, 2.24) is 20.5 Å². The number of fused-ring (bicyclic) bond motifs is 1. The molecule has 5 rings (SSSR count). The van der Waals surface area contributed by atoms with Crippen LogP contribution in [0.15, 0.2) is 33.9 Å². The number of aliphatic carboxylic acids is 2. The minimum atomic E-state index is -1.59. The lowest BCUT2D eigenvalue weighted by Crippen LogP contribution is -2.71. The zero-order valence-corrected chi connectivity index (χ0v) is 24.5. The Morgan fingerprint density at radius 3 is 2.56 bits per heavy atom. The molecule has 3 amide bonds. The number of thiazole rings is 1. The van der Waals surface area contributed by atoms with E-state index in [9.17, 15) is 44.4 Å². The number of oxime groups is 1. The van der Waals surface area contributed by atoms with Crippen LogP contribution < -0.4 is 16.4 Å². The first-order valence-electron chi connectivity index (χ1n) is 13.0. The second kappa shape index (κ2) is 12.0. The van der Waals surface area contributed by atoms with E-state index in [0.29, 0.717) is 6.42 Å². The maximum atomic E-state index is 13.3. The van der Waals surface area contributed by atoms with Crippen LogP contribution in [-0.2, 0) is 24.0 Å². The number of hydrogen-bond donors (Lipinski definition) is 7. The molecule has 45 heavy (non-hydrogen) atoms. The summed E-state index contributed by atoms with van der Waals surface area (Å²) < 4.78 is 0. The molecule has 1 aromatic carbocycles. The molecule has 0 bridgehead atoms. The van der Waals surface area contributed by atoms with E-state index in [1.807, 2.05) is 0 Å². The third kappa shape index (κ3) is 5.67. The number of amides is 3. The molecule has 0 radical (unpaired) electrons. The third-order valence-electron chi connectivity index (χ3n) is 7.31. The van der Waals surface area contributed by atoms with Crippen LogP contribution in [0.3, 0.4) is 0 Å². The number of aromatic nitrogens is 1. The number of nitrogens with two attached hydrogens (primary N) is 1. The molecule has 2 aliphatic heterocycles. The highest BCUT2D eigenvalue weighted by atomic mass is 32.2. The van der Waals surface area contributed by atoms with E-state index < -0.39 is 69.6 Å². The number of nitrogen functional groups attached to an aromatic ring is 1. The molecule has 1 aromatic heterocycles. The van der Waals surface area contributed by atoms with Crippen molar-refractivity contribution in [2.24, 2.45) is 5.16 Å². The fourth-order valence-corrected chi connectivity index (χ4v) is 6.62. The van der Waals surface area contributed by atoms with E-state index in [0.717, 1.165) is 40.1 Å². The highest BCUT2D eigenvalue weighted by Gasteiger charge is 2.54. The van der Waals surface area contributed by atoms with Crippen molar-refractivity contribution in [3.05, 3.63) is 45.6 Å². The zero-order valence-electron chi connectivity index (χ0n) is 22.8. The average Bonchev–Trinajstić information content (AvgIpc) is 3.41. The summed E-state index contributed by atoms with van der Waals surface area (Å²) in [6, 6.07) is 2.44. The minimum Gasteiger partial charge on any atom is -0.504 e. The number of aromatic hydroxyl groups is 2. The van der Waals surface area contributed by atoms with Crippen LogP contribution >= 0.6 is 23.1 Å². The number of carboxylic acids is 2. The zero-order chi connectivity index (χ0) is 32.6. The molecule has 1 aliphatic carbocycles.